The number of halogens is 3. The Balaban J connectivity index is 1.53. The number of hydrogen-bond acceptors (Lipinski definition) is 4. The quantitative estimate of drug-likeness (QED) is 0.615. The molecule has 150 valence electrons. The summed E-state index contributed by atoms with van der Waals surface area (Å²) >= 11 is 1.57. The number of thiazole rings is 1. The van der Waals surface area contributed by atoms with Gasteiger partial charge in [0, 0.05) is 43.3 Å². The van der Waals surface area contributed by atoms with Crippen molar-refractivity contribution in [1.29, 1.82) is 0 Å². The van der Waals surface area contributed by atoms with Gasteiger partial charge in [-0.15, -0.1) is 11.3 Å². The van der Waals surface area contributed by atoms with E-state index < -0.39 is 11.7 Å². The largest absolute Gasteiger partial charge is 0.416 e. The number of benzene rings is 2. The molecule has 1 aliphatic rings. The predicted molar refractivity (Wildman–Crippen MR) is 107 cm³/mol. The van der Waals surface area contributed by atoms with Crippen LogP contribution in [0.4, 0.5) is 18.3 Å². The van der Waals surface area contributed by atoms with Crippen molar-refractivity contribution in [2.24, 2.45) is 0 Å². The highest BCUT2D eigenvalue weighted by molar-refractivity contribution is 7.13. The van der Waals surface area contributed by atoms with Crippen LogP contribution < -0.4 is 4.90 Å². The second-order valence-corrected chi connectivity index (χ2v) is 7.59. The molecule has 1 fully saturated rings. The molecule has 1 saturated heterocycles. The number of carbonyl (C=O) groups is 1. The second kappa shape index (κ2) is 7.87. The SMILES string of the molecule is O=C(c1ccccc1-c1ccc(C(F)(F)F)cc1)N1CCN(c2nccs2)CC1. The molecule has 0 atom stereocenters. The zero-order valence-electron chi connectivity index (χ0n) is 15.4. The van der Waals surface area contributed by atoms with Gasteiger partial charge in [-0.1, -0.05) is 30.3 Å². The van der Waals surface area contributed by atoms with E-state index in [-0.39, 0.29) is 5.91 Å². The molecular formula is C21H18F3N3OS. The maximum absolute atomic E-state index is 13.1. The topological polar surface area (TPSA) is 36.4 Å². The fourth-order valence-corrected chi connectivity index (χ4v) is 4.10. The Bertz CT molecular complexity index is 979. The van der Waals surface area contributed by atoms with Crippen molar-refractivity contribution in [3.05, 3.63) is 71.2 Å². The maximum atomic E-state index is 13.1. The summed E-state index contributed by atoms with van der Waals surface area (Å²) in [5.74, 6) is -0.112. The lowest BCUT2D eigenvalue weighted by atomic mass is 9.97. The van der Waals surface area contributed by atoms with E-state index in [0.717, 1.165) is 17.3 Å². The Morgan fingerprint density at radius 2 is 1.66 bits per heavy atom. The van der Waals surface area contributed by atoms with Gasteiger partial charge in [0.25, 0.3) is 5.91 Å². The number of anilines is 1. The minimum Gasteiger partial charge on any atom is -0.345 e. The van der Waals surface area contributed by atoms with Crippen LogP contribution in [0.3, 0.4) is 0 Å². The molecule has 1 amide bonds. The van der Waals surface area contributed by atoms with Gasteiger partial charge in [0.15, 0.2) is 5.13 Å². The van der Waals surface area contributed by atoms with Gasteiger partial charge >= 0.3 is 6.18 Å². The van der Waals surface area contributed by atoms with E-state index in [9.17, 15) is 18.0 Å². The standard InChI is InChI=1S/C21H18F3N3OS/c22-21(23,24)16-7-5-15(6-8-16)17-3-1-2-4-18(17)19(28)26-10-12-27(13-11-26)20-25-9-14-29-20/h1-9,14H,10-13H2. The fourth-order valence-electron chi connectivity index (χ4n) is 3.40. The van der Waals surface area contributed by atoms with E-state index >= 15 is 0 Å². The van der Waals surface area contributed by atoms with Crippen molar-refractivity contribution < 1.29 is 18.0 Å². The number of alkyl halides is 3. The van der Waals surface area contributed by atoms with Crippen LogP contribution in [0.1, 0.15) is 15.9 Å². The van der Waals surface area contributed by atoms with Gasteiger partial charge in [0.2, 0.25) is 0 Å². The molecular weight excluding hydrogens is 399 g/mol. The Hall–Kier alpha value is -2.87. The van der Waals surface area contributed by atoms with Crippen LogP contribution in [0.5, 0.6) is 0 Å². The molecule has 0 N–H and O–H groups in total. The van der Waals surface area contributed by atoms with E-state index in [1.54, 1.807) is 46.7 Å². The van der Waals surface area contributed by atoms with Gasteiger partial charge in [-0.2, -0.15) is 13.2 Å². The fraction of sp³-hybridized carbons (Fsp3) is 0.238. The summed E-state index contributed by atoms with van der Waals surface area (Å²) in [6, 6.07) is 12.0. The predicted octanol–water partition coefficient (Wildman–Crippen LogP) is 4.79. The average molecular weight is 417 g/mol. The van der Waals surface area contributed by atoms with Gasteiger partial charge in [0.05, 0.1) is 5.56 Å². The number of rotatable bonds is 3. The van der Waals surface area contributed by atoms with Crippen LogP contribution in [0, 0.1) is 0 Å². The average Bonchev–Trinajstić information content (AvgIpc) is 3.28. The molecule has 0 aliphatic carbocycles. The Morgan fingerprint density at radius 3 is 2.28 bits per heavy atom. The molecule has 0 saturated carbocycles. The summed E-state index contributed by atoms with van der Waals surface area (Å²) in [4.78, 5) is 21.4. The van der Waals surface area contributed by atoms with Crippen molar-refractivity contribution in [3.63, 3.8) is 0 Å². The summed E-state index contributed by atoms with van der Waals surface area (Å²) in [5, 5.41) is 2.87. The van der Waals surface area contributed by atoms with Gasteiger partial charge in [0.1, 0.15) is 0 Å². The molecule has 4 rings (SSSR count). The Kier molecular flexibility index (Phi) is 5.27. The number of piperazine rings is 1. The number of carbonyl (C=O) groups excluding carboxylic acids is 1. The normalized spacial score (nSPS) is 14.9. The van der Waals surface area contributed by atoms with Crippen LogP contribution in [-0.4, -0.2) is 42.0 Å². The number of aromatic nitrogens is 1. The van der Waals surface area contributed by atoms with Crippen LogP contribution >= 0.6 is 11.3 Å². The molecule has 1 aliphatic heterocycles. The minimum absolute atomic E-state index is 0.112. The smallest absolute Gasteiger partial charge is 0.345 e. The zero-order valence-corrected chi connectivity index (χ0v) is 16.2. The summed E-state index contributed by atoms with van der Waals surface area (Å²) < 4.78 is 38.5. The molecule has 0 radical (unpaired) electrons. The molecule has 0 spiro atoms. The summed E-state index contributed by atoms with van der Waals surface area (Å²) in [6.45, 7) is 2.53. The number of amides is 1. The van der Waals surface area contributed by atoms with E-state index in [2.05, 4.69) is 9.88 Å². The van der Waals surface area contributed by atoms with Gasteiger partial charge in [-0.3, -0.25) is 4.79 Å². The van der Waals surface area contributed by atoms with Crippen LogP contribution in [0.25, 0.3) is 11.1 Å². The van der Waals surface area contributed by atoms with Crippen molar-refractivity contribution in [3.8, 4) is 11.1 Å². The highest BCUT2D eigenvalue weighted by Gasteiger charge is 2.30. The molecule has 3 aromatic rings. The molecule has 2 aromatic carbocycles. The molecule has 1 aromatic heterocycles. The first-order chi connectivity index (χ1) is 13.9. The summed E-state index contributed by atoms with van der Waals surface area (Å²) in [6.07, 6.45) is -2.62. The molecule has 2 heterocycles. The Morgan fingerprint density at radius 1 is 0.966 bits per heavy atom. The van der Waals surface area contributed by atoms with Crippen LogP contribution in [-0.2, 0) is 6.18 Å². The van der Waals surface area contributed by atoms with E-state index in [4.69, 9.17) is 0 Å². The first kappa shape index (κ1) is 19.4. The number of nitrogens with zero attached hydrogens (tertiary/aromatic N) is 3. The molecule has 29 heavy (non-hydrogen) atoms. The Labute approximate surface area is 170 Å². The second-order valence-electron chi connectivity index (χ2n) is 6.71. The van der Waals surface area contributed by atoms with Gasteiger partial charge in [-0.25, -0.2) is 4.98 Å². The third-order valence-corrected chi connectivity index (χ3v) is 5.77. The minimum atomic E-state index is -4.38. The monoisotopic (exact) mass is 417 g/mol. The lowest BCUT2D eigenvalue weighted by Gasteiger charge is -2.35. The van der Waals surface area contributed by atoms with Crippen molar-refractivity contribution in [2.45, 2.75) is 6.18 Å². The lowest BCUT2D eigenvalue weighted by molar-refractivity contribution is -0.137. The number of hydrogen-bond donors (Lipinski definition) is 0. The summed E-state index contributed by atoms with van der Waals surface area (Å²) in [7, 11) is 0. The highest BCUT2D eigenvalue weighted by atomic mass is 32.1. The van der Waals surface area contributed by atoms with Crippen molar-refractivity contribution in [1.82, 2.24) is 9.88 Å². The molecule has 0 unspecified atom stereocenters. The molecule has 8 heteroatoms. The van der Waals surface area contributed by atoms with Crippen molar-refractivity contribution in [2.75, 3.05) is 31.1 Å². The molecule has 0 bridgehead atoms. The lowest BCUT2D eigenvalue weighted by Crippen LogP contribution is -2.48. The van der Waals surface area contributed by atoms with E-state index in [0.29, 0.717) is 42.9 Å². The summed E-state index contributed by atoms with van der Waals surface area (Å²) in [5.41, 5.74) is 1.01. The third kappa shape index (κ3) is 4.12. The first-order valence-electron chi connectivity index (χ1n) is 9.14. The van der Waals surface area contributed by atoms with Gasteiger partial charge < -0.3 is 9.80 Å². The maximum Gasteiger partial charge on any atom is 0.416 e. The molecule has 4 nitrogen and oxygen atoms in total. The van der Waals surface area contributed by atoms with Gasteiger partial charge in [-0.05, 0) is 29.3 Å². The third-order valence-electron chi connectivity index (χ3n) is 4.94. The first-order valence-corrected chi connectivity index (χ1v) is 10.0. The van der Waals surface area contributed by atoms with Crippen LogP contribution in [0.2, 0.25) is 0 Å². The van der Waals surface area contributed by atoms with E-state index in [1.807, 2.05) is 5.38 Å². The zero-order chi connectivity index (χ0) is 20.4. The highest BCUT2D eigenvalue weighted by Crippen LogP contribution is 2.32. The van der Waals surface area contributed by atoms with E-state index in [1.165, 1.54) is 12.1 Å². The van der Waals surface area contributed by atoms with Crippen LogP contribution in [0.15, 0.2) is 60.1 Å². The van der Waals surface area contributed by atoms with Crippen molar-refractivity contribution >= 4 is 22.4 Å².